The van der Waals surface area contributed by atoms with Gasteiger partial charge in [0.1, 0.15) is 5.82 Å². The largest absolute Gasteiger partial charge is 0.334 e. The van der Waals surface area contributed by atoms with Gasteiger partial charge in [-0.1, -0.05) is 30.3 Å². The molecule has 4 aliphatic rings. The molecular formula is C23H25FN2O. The number of carbonyl (C=O) groups excluding carboxylic acids is 1. The Morgan fingerprint density at radius 3 is 2.52 bits per heavy atom. The van der Waals surface area contributed by atoms with Crippen molar-refractivity contribution in [3.63, 3.8) is 0 Å². The van der Waals surface area contributed by atoms with Crippen LogP contribution in [0.3, 0.4) is 0 Å². The smallest absolute Gasteiger partial charge is 0.255 e. The summed E-state index contributed by atoms with van der Waals surface area (Å²) in [5.74, 6) is 1.47. The molecule has 27 heavy (non-hydrogen) atoms. The Hall–Kier alpha value is -2.20. The summed E-state index contributed by atoms with van der Waals surface area (Å²) in [6.07, 6.45) is 3.76. The van der Waals surface area contributed by atoms with Gasteiger partial charge >= 0.3 is 0 Å². The fraction of sp³-hybridized carbons (Fsp3) is 0.435. The first-order valence-corrected chi connectivity index (χ1v) is 10.1. The molecule has 2 aromatic rings. The predicted molar refractivity (Wildman–Crippen MR) is 104 cm³/mol. The number of carbonyl (C=O) groups is 1. The van der Waals surface area contributed by atoms with Crippen LogP contribution in [-0.4, -0.2) is 41.9 Å². The average Bonchev–Trinajstić information content (AvgIpc) is 3.04. The molecule has 1 atom stereocenters. The molecule has 3 saturated heterocycles. The van der Waals surface area contributed by atoms with E-state index in [-0.39, 0.29) is 11.7 Å². The lowest BCUT2D eigenvalue weighted by molar-refractivity contribution is 0.0395. The molecule has 140 valence electrons. The number of piperidine rings is 3. The lowest BCUT2D eigenvalue weighted by atomic mass is 9.77. The van der Waals surface area contributed by atoms with Crippen LogP contribution in [-0.2, 0) is 6.54 Å². The first-order chi connectivity index (χ1) is 13.2. The molecule has 2 aromatic carbocycles. The molecule has 4 aliphatic heterocycles. The second-order valence-electron chi connectivity index (χ2n) is 8.26. The average molecular weight is 364 g/mol. The molecule has 3 nitrogen and oxygen atoms in total. The van der Waals surface area contributed by atoms with Crippen molar-refractivity contribution >= 4 is 5.91 Å². The van der Waals surface area contributed by atoms with E-state index in [0.717, 1.165) is 47.1 Å². The minimum Gasteiger partial charge on any atom is -0.334 e. The molecule has 4 heteroatoms. The van der Waals surface area contributed by atoms with Gasteiger partial charge in [-0.15, -0.1) is 0 Å². The zero-order chi connectivity index (χ0) is 18.4. The Morgan fingerprint density at radius 1 is 1.04 bits per heavy atom. The summed E-state index contributed by atoms with van der Waals surface area (Å²) in [6, 6.07) is 12.5. The number of nitrogens with zero attached hydrogens (tertiary/aromatic N) is 2. The number of hydrogen-bond acceptors (Lipinski definition) is 2. The van der Waals surface area contributed by atoms with E-state index in [1.165, 1.54) is 44.6 Å². The maximum atomic E-state index is 13.3. The molecule has 0 aromatic heterocycles. The molecule has 0 N–H and O–H groups in total. The van der Waals surface area contributed by atoms with E-state index >= 15 is 0 Å². The summed E-state index contributed by atoms with van der Waals surface area (Å²) in [4.78, 5) is 17.7. The molecule has 0 aliphatic carbocycles. The summed E-state index contributed by atoms with van der Waals surface area (Å²) in [7, 11) is 0. The highest BCUT2D eigenvalue weighted by molar-refractivity contribution is 6.04. The molecule has 0 radical (unpaired) electrons. The normalized spacial score (nSPS) is 26.5. The summed E-state index contributed by atoms with van der Waals surface area (Å²) in [5, 5.41) is 0. The zero-order valence-corrected chi connectivity index (χ0v) is 15.5. The monoisotopic (exact) mass is 364 g/mol. The maximum absolute atomic E-state index is 13.3. The van der Waals surface area contributed by atoms with E-state index in [4.69, 9.17) is 0 Å². The molecule has 0 unspecified atom stereocenters. The fourth-order valence-corrected chi connectivity index (χ4v) is 5.21. The van der Waals surface area contributed by atoms with Crippen molar-refractivity contribution in [2.45, 2.75) is 25.8 Å². The lowest BCUT2D eigenvalue weighted by Gasteiger charge is -2.45. The highest BCUT2D eigenvalue weighted by Gasteiger charge is 2.35. The molecule has 3 fully saturated rings. The number of hydrogen-bond donors (Lipinski definition) is 0. The Balaban J connectivity index is 1.33. The van der Waals surface area contributed by atoms with Crippen LogP contribution in [0.5, 0.6) is 0 Å². The molecule has 6 rings (SSSR count). The summed E-state index contributed by atoms with van der Waals surface area (Å²) >= 11 is 0. The Morgan fingerprint density at radius 2 is 1.81 bits per heavy atom. The highest BCUT2D eigenvalue weighted by atomic mass is 19.1. The second kappa shape index (κ2) is 6.75. The number of fused-ring (bicyclic) bond motifs is 4. The predicted octanol–water partition coefficient (Wildman–Crippen LogP) is 4.18. The SMILES string of the molecule is O=C1c2c(cccc2-c2ccc(F)cc2)CN1CC[C@@H]1CN2CCC1CC2. The van der Waals surface area contributed by atoms with Crippen molar-refractivity contribution < 1.29 is 9.18 Å². The molecule has 4 heterocycles. The van der Waals surface area contributed by atoms with Gasteiger partial charge in [0.05, 0.1) is 5.56 Å². The fourth-order valence-electron chi connectivity index (χ4n) is 5.21. The van der Waals surface area contributed by atoms with Crippen LogP contribution in [0.4, 0.5) is 4.39 Å². The van der Waals surface area contributed by atoms with Crippen LogP contribution in [0.25, 0.3) is 11.1 Å². The number of amides is 1. The van der Waals surface area contributed by atoms with Gasteiger partial charge in [-0.25, -0.2) is 4.39 Å². The van der Waals surface area contributed by atoms with Gasteiger partial charge in [-0.2, -0.15) is 0 Å². The zero-order valence-electron chi connectivity index (χ0n) is 15.5. The number of rotatable bonds is 4. The lowest BCUT2D eigenvalue weighted by Crippen LogP contribution is -2.48. The second-order valence-corrected chi connectivity index (χ2v) is 8.26. The van der Waals surface area contributed by atoms with Gasteiger partial charge in [0.25, 0.3) is 5.91 Å². The minimum atomic E-state index is -0.253. The van der Waals surface area contributed by atoms with E-state index in [9.17, 15) is 9.18 Å². The molecule has 2 bridgehead atoms. The van der Waals surface area contributed by atoms with Crippen molar-refractivity contribution in [1.29, 1.82) is 0 Å². The Kier molecular flexibility index (Phi) is 4.24. The van der Waals surface area contributed by atoms with Crippen LogP contribution in [0.15, 0.2) is 42.5 Å². The van der Waals surface area contributed by atoms with Gasteiger partial charge in [0.15, 0.2) is 0 Å². The van der Waals surface area contributed by atoms with Crippen molar-refractivity contribution in [3.8, 4) is 11.1 Å². The third-order valence-corrected chi connectivity index (χ3v) is 6.73. The van der Waals surface area contributed by atoms with Gasteiger partial charge in [0, 0.05) is 19.6 Å². The standard InChI is InChI=1S/C23H25FN2O/c24-20-6-4-17(5-7-20)21-3-1-2-19-15-26(23(27)22(19)21)13-10-18-14-25-11-8-16(18)9-12-25/h1-7,16,18H,8-15H2/t18-/m1/s1. The van der Waals surface area contributed by atoms with Crippen LogP contribution in [0.2, 0.25) is 0 Å². The van der Waals surface area contributed by atoms with Crippen LogP contribution >= 0.6 is 0 Å². The van der Waals surface area contributed by atoms with Crippen molar-refractivity contribution in [2.75, 3.05) is 26.2 Å². The van der Waals surface area contributed by atoms with E-state index in [2.05, 4.69) is 11.0 Å². The van der Waals surface area contributed by atoms with Crippen molar-refractivity contribution in [3.05, 3.63) is 59.4 Å². The molecule has 0 spiro atoms. The highest BCUT2D eigenvalue weighted by Crippen LogP contribution is 2.36. The van der Waals surface area contributed by atoms with E-state index < -0.39 is 0 Å². The maximum Gasteiger partial charge on any atom is 0.255 e. The summed E-state index contributed by atoms with van der Waals surface area (Å²) in [5.41, 5.74) is 3.72. The third kappa shape index (κ3) is 3.06. The van der Waals surface area contributed by atoms with E-state index in [1.807, 2.05) is 17.0 Å². The van der Waals surface area contributed by atoms with Crippen LogP contribution < -0.4 is 0 Å². The molecule has 1 amide bonds. The molecule has 0 saturated carbocycles. The van der Waals surface area contributed by atoms with Gasteiger partial charge in [0.2, 0.25) is 0 Å². The number of halogens is 1. The van der Waals surface area contributed by atoms with E-state index in [1.54, 1.807) is 12.1 Å². The van der Waals surface area contributed by atoms with Gasteiger partial charge in [-0.05, 0) is 73.0 Å². The first kappa shape index (κ1) is 16.9. The summed E-state index contributed by atoms with van der Waals surface area (Å²) < 4.78 is 13.3. The summed E-state index contributed by atoms with van der Waals surface area (Å²) in [6.45, 7) is 5.27. The number of benzene rings is 2. The first-order valence-electron chi connectivity index (χ1n) is 10.1. The minimum absolute atomic E-state index is 0.131. The van der Waals surface area contributed by atoms with Crippen LogP contribution in [0, 0.1) is 17.7 Å². The Labute approximate surface area is 159 Å². The topological polar surface area (TPSA) is 23.6 Å². The van der Waals surface area contributed by atoms with Crippen molar-refractivity contribution in [2.24, 2.45) is 11.8 Å². The van der Waals surface area contributed by atoms with Gasteiger partial charge in [-0.3, -0.25) is 4.79 Å². The van der Waals surface area contributed by atoms with Crippen molar-refractivity contribution in [1.82, 2.24) is 9.80 Å². The Bertz CT molecular complexity index is 855. The van der Waals surface area contributed by atoms with Crippen LogP contribution in [0.1, 0.15) is 35.2 Å². The quantitative estimate of drug-likeness (QED) is 0.813. The van der Waals surface area contributed by atoms with Gasteiger partial charge < -0.3 is 9.80 Å². The molecular weight excluding hydrogens is 339 g/mol. The third-order valence-electron chi connectivity index (χ3n) is 6.73. The van der Waals surface area contributed by atoms with E-state index in [0.29, 0.717) is 6.54 Å².